The molecule has 1 saturated carbocycles. The van der Waals surface area contributed by atoms with E-state index in [0.29, 0.717) is 16.8 Å². The van der Waals surface area contributed by atoms with Crippen molar-refractivity contribution < 1.29 is 19.5 Å². The van der Waals surface area contributed by atoms with Gasteiger partial charge in [0.05, 0.1) is 11.6 Å². The topological polar surface area (TPSA) is 124 Å². The molecule has 28 heavy (non-hydrogen) atoms. The van der Waals surface area contributed by atoms with Crippen molar-refractivity contribution in [3.63, 3.8) is 0 Å². The first-order valence-corrected chi connectivity index (χ1v) is 9.90. The molecule has 3 amide bonds. The summed E-state index contributed by atoms with van der Waals surface area (Å²) in [5.74, 6) is -0.222. The van der Waals surface area contributed by atoms with E-state index in [4.69, 9.17) is 5.11 Å². The van der Waals surface area contributed by atoms with Gasteiger partial charge in [0, 0.05) is 13.1 Å². The van der Waals surface area contributed by atoms with Crippen LogP contribution in [0.4, 0.5) is 10.6 Å². The number of hydrogen-bond donors (Lipinski definition) is 4. The lowest BCUT2D eigenvalue weighted by molar-refractivity contribution is -0.136. The summed E-state index contributed by atoms with van der Waals surface area (Å²) >= 11 is 3.27. The maximum absolute atomic E-state index is 12.9. The lowest BCUT2D eigenvalue weighted by Crippen LogP contribution is -2.53. The van der Waals surface area contributed by atoms with Crippen LogP contribution in [-0.2, 0) is 9.59 Å². The smallest absolute Gasteiger partial charge is 0.405 e. The fraction of sp³-hybridized carbons (Fsp3) is 0.556. The van der Waals surface area contributed by atoms with E-state index in [2.05, 4.69) is 36.9 Å². The first-order chi connectivity index (χ1) is 13.1. The molecule has 10 heteroatoms. The second kappa shape index (κ2) is 7.67. The van der Waals surface area contributed by atoms with Crippen molar-refractivity contribution >= 4 is 39.7 Å². The lowest BCUT2D eigenvalue weighted by atomic mass is 10.00. The van der Waals surface area contributed by atoms with Crippen molar-refractivity contribution in [3.8, 4) is 0 Å². The van der Waals surface area contributed by atoms with Crippen molar-refractivity contribution in [2.75, 3.05) is 12.4 Å². The van der Waals surface area contributed by atoms with Crippen molar-refractivity contribution in [1.82, 2.24) is 20.5 Å². The van der Waals surface area contributed by atoms with Crippen LogP contribution in [0.15, 0.2) is 22.8 Å². The molecular formula is C18H24BrN5O4. The van der Waals surface area contributed by atoms with Gasteiger partial charge in [0.15, 0.2) is 0 Å². The molecule has 9 nitrogen and oxygen atoms in total. The number of piperidine rings is 1. The quantitative estimate of drug-likeness (QED) is 0.482. The Kier molecular flexibility index (Phi) is 5.62. The highest BCUT2D eigenvalue weighted by atomic mass is 79.9. The third-order valence-electron chi connectivity index (χ3n) is 5.50. The van der Waals surface area contributed by atoms with E-state index in [-0.39, 0.29) is 23.8 Å². The van der Waals surface area contributed by atoms with Gasteiger partial charge in [0.25, 0.3) is 0 Å². The Hall–Kier alpha value is -2.20. The maximum Gasteiger partial charge on any atom is 0.405 e. The highest BCUT2D eigenvalue weighted by molar-refractivity contribution is 9.10. The minimum atomic E-state index is -1.23. The molecule has 4 N–H and O–H groups in total. The summed E-state index contributed by atoms with van der Waals surface area (Å²) in [6.07, 6.45) is -0.0162. The van der Waals surface area contributed by atoms with E-state index >= 15 is 0 Å². The highest BCUT2D eigenvalue weighted by Gasteiger charge is 2.65. The zero-order chi connectivity index (χ0) is 20.6. The van der Waals surface area contributed by atoms with Crippen molar-refractivity contribution in [2.45, 2.75) is 50.4 Å². The molecule has 0 radical (unpaired) electrons. The van der Waals surface area contributed by atoms with Crippen LogP contribution in [0.3, 0.4) is 0 Å². The van der Waals surface area contributed by atoms with Crippen LogP contribution < -0.4 is 16.0 Å². The molecule has 0 bridgehead atoms. The standard InChI is InChI=1S/C18H24BrN5O4/c1-9(2)14(23-17(27)28)16(26)24(3)18-7-10(20-11(18)8-18)15(25)22-13-6-4-5-12(19)21-13/h4-6,9-11,14,20,23H,7-8H2,1-3H3,(H,27,28)(H,21,22,25)/t10-,11?,14-,18?/m0/s1. The summed E-state index contributed by atoms with van der Waals surface area (Å²) < 4.78 is 0.625. The van der Waals surface area contributed by atoms with Crippen molar-refractivity contribution in [3.05, 3.63) is 22.8 Å². The molecule has 152 valence electrons. The second-order valence-electron chi connectivity index (χ2n) is 7.69. The number of hydrogen-bond acceptors (Lipinski definition) is 5. The Labute approximate surface area is 171 Å². The molecule has 2 unspecified atom stereocenters. The number of carbonyl (C=O) groups excluding carboxylic acids is 2. The number of anilines is 1. The van der Waals surface area contributed by atoms with Gasteiger partial charge in [-0.3, -0.25) is 9.59 Å². The molecule has 1 aliphatic carbocycles. The molecular weight excluding hydrogens is 430 g/mol. The summed E-state index contributed by atoms with van der Waals surface area (Å²) in [7, 11) is 1.68. The van der Waals surface area contributed by atoms with Crippen LogP contribution in [-0.4, -0.2) is 63.6 Å². The van der Waals surface area contributed by atoms with Gasteiger partial charge in [-0.2, -0.15) is 0 Å². The normalized spacial score (nSPS) is 26.3. The summed E-state index contributed by atoms with van der Waals surface area (Å²) in [4.78, 5) is 42.3. The van der Waals surface area contributed by atoms with Gasteiger partial charge in [0.1, 0.15) is 16.5 Å². The van der Waals surface area contributed by atoms with Gasteiger partial charge in [0.2, 0.25) is 11.8 Å². The monoisotopic (exact) mass is 453 g/mol. The predicted octanol–water partition coefficient (Wildman–Crippen LogP) is 1.41. The summed E-state index contributed by atoms with van der Waals surface area (Å²) in [5, 5.41) is 17.4. The number of rotatable bonds is 6. The molecule has 1 saturated heterocycles. The molecule has 0 spiro atoms. The summed E-state index contributed by atoms with van der Waals surface area (Å²) in [6, 6.07) is 4.00. The first-order valence-electron chi connectivity index (χ1n) is 9.10. The van der Waals surface area contributed by atoms with E-state index in [1.54, 1.807) is 44.0 Å². The average Bonchev–Trinajstić information content (AvgIpc) is 3.19. The number of fused-ring (bicyclic) bond motifs is 1. The number of nitrogens with one attached hydrogen (secondary N) is 3. The number of likely N-dealkylation sites (N-methyl/N-ethyl adjacent to an activating group) is 1. The SMILES string of the molecule is CC(C)[C@H](NC(=O)O)C(=O)N(C)C12CC1N[C@H](C(=O)Nc1cccc(Br)n1)C2. The molecule has 2 aliphatic rings. The Balaban J connectivity index is 1.65. The third kappa shape index (κ3) is 3.97. The van der Waals surface area contributed by atoms with Gasteiger partial charge in [-0.25, -0.2) is 9.78 Å². The summed E-state index contributed by atoms with van der Waals surface area (Å²) in [5.41, 5.74) is -0.461. The largest absolute Gasteiger partial charge is 0.465 e. The molecule has 1 aromatic rings. The fourth-order valence-electron chi connectivity index (χ4n) is 3.83. The van der Waals surface area contributed by atoms with E-state index in [1.165, 1.54) is 0 Å². The molecule has 4 atom stereocenters. The van der Waals surface area contributed by atoms with E-state index in [1.807, 2.05) is 0 Å². The first kappa shape index (κ1) is 20.5. The fourth-order valence-corrected chi connectivity index (χ4v) is 4.17. The Morgan fingerprint density at radius 3 is 2.68 bits per heavy atom. The van der Waals surface area contributed by atoms with Gasteiger partial charge in [-0.15, -0.1) is 0 Å². The molecule has 2 fully saturated rings. The van der Waals surface area contributed by atoms with Crippen LogP contribution in [0.5, 0.6) is 0 Å². The van der Waals surface area contributed by atoms with Gasteiger partial charge < -0.3 is 26.0 Å². The van der Waals surface area contributed by atoms with Crippen molar-refractivity contribution in [1.29, 1.82) is 0 Å². The number of pyridine rings is 1. The van der Waals surface area contributed by atoms with Crippen molar-refractivity contribution in [2.24, 2.45) is 5.92 Å². The zero-order valence-electron chi connectivity index (χ0n) is 15.9. The summed E-state index contributed by atoms with van der Waals surface area (Å²) in [6.45, 7) is 3.59. The minimum Gasteiger partial charge on any atom is -0.465 e. The number of amides is 3. The molecule has 1 aliphatic heterocycles. The maximum atomic E-state index is 12.9. The number of carbonyl (C=O) groups is 3. The third-order valence-corrected chi connectivity index (χ3v) is 5.94. The van der Waals surface area contributed by atoms with Crippen LogP contribution in [0.2, 0.25) is 0 Å². The highest BCUT2D eigenvalue weighted by Crippen LogP contribution is 2.50. The number of halogens is 1. The van der Waals surface area contributed by atoms with E-state index in [0.717, 1.165) is 6.42 Å². The molecule has 2 heterocycles. The zero-order valence-corrected chi connectivity index (χ0v) is 17.5. The number of nitrogens with zero attached hydrogens (tertiary/aromatic N) is 2. The average molecular weight is 454 g/mol. The second-order valence-corrected chi connectivity index (χ2v) is 8.50. The molecule has 0 aromatic carbocycles. The van der Waals surface area contributed by atoms with Crippen LogP contribution in [0.1, 0.15) is 26.7 Å². The van der Waals surface area contributed by atoms with Crippen LogP contribution in [0.25, 0.3) is 0 Å². The Bertz CT molecular complexity index is 804. The predicted molar refractivity (Wildman–Crippen MR) is 106 cm³/mol. The van der Waals surface area contributed by atoms with E-state index in [9.17, 15) is 14.4 Å². The van der Waals surface area contributed by atoms with Gasteiger partial charge in [-0.05, 0) is 46.8 Å². The number of aromatic nitrogens is 1. The molecule has 3 rings (SSSR count). The Morgan fingerprint density at radius 1 is 1.36 bits per heavy atom. The Morgan fingerprint density at radius 2 is 2.07 bits per heavy atom. The van der Waals surface area contributed by atoms with Crippen LogP contribution in [0, 0.1) is 5.92 Å². The van der Waals surface area contributed by atoms with Gasteiger partial charge >= 0.3 is 6.09 Å². The van der Waals surface area contributed by atoms with Gasteiger partial charge in [-0.1, -0.05) is 19.9 Å². The lowest BCUT2D eigenvalue weighted by Gasteiger charge is -2.32. The van der Waals surface area contributed by atoms with E-state index < -0.39 is 23.7 Å². The molecule has 1 aromatic heterocycles. The van der Waals surface area contributed by atoms with Crippen LogP contribution >= 0.6 is 15.9 Å². The number of carboxylic acid groups (broad SMARTS) is 1. The minimum absolute atomic E-state index is 0.0188.